The number of hydrogen-bond donors (Lipinski definition) is 0. The third-order valence-corrected chi connectivity index (χ3v) is 6.90. The lowest BCUT2D eigenvalue weighted by Gasteiger charge is -2.13. The van der Waals surface area contributed by atoms with Gasteiger partial charge in [0, 0.05) is 36.8 Å². The molecule has 0 atom stereocenters. The number of carbonyl (C=O) groups is 1. The van der Waals surface area contributed by atoms with Crippen LogP contribution in [0.15, 0.2) is 77.7 Å². The lowest BCUT2D eigenvalue weighted by molar-refractivity contribution is 0.0991. The van der Waals surface area contributed by atoms with E-state index in [0.29, 0.717) is 28.2 Å². The van der Waals surface area contributed by atoms with Crippen LogP contribution in [-0.2, 0) is 19.9 Å². The molecule has 2 heterocycles. The lowest BCUT2D eigenvalue weighted by atomic mass is 10.0. The number of Topliss-reactive ketones (excluding diaryl/α,β-unsaturated/α-hetero) is 1. The van der Waals surface area contributed by atoms with Crippen LogP contribution >= 0.6 is 0 Å². The largest absolute Gasteiger partial charge is 0.496 e. The summed E-state index contributed by atoms with van der Waals surface area (Å²) in [4.78, 5) is 30.8. The molecular formula is C31H28FN3O4. The Labute approximate surface area is 225 Å². The minimum Gasteiger partial charge on any atom is -0.496 e. The van der Waals surface area contributed by atoms with Crippen LogP contribution in [0.2, 0.25) is 0 Å². The van der Waals surface area contributed by atoms with E-state index in [1.807, 2.05) is 37.3 Å². The maximum atomic E-state index is 15.2. The van der Waals surface area contributed by atoms with E-state index < -0.39 is 11.4 Å². The zero-order valence-corrected chi connectivity index (χ0v) is 22.2. The van der Waals surface area contributed by atoms with Crippen LogP contribution in [0.4, 0.5) is 4.39 Å². The summed E-state index contributed by atoms with van der Waals surface area (Å²) in [7, 11) is 3.34. The first-order valence-electron chi connectivity index (χ1n) is 12.6. The highest BCUT2D eigenvalue weighted by Crippen LogP contribution is 2.34. The highest BCUT2D eigenvalue weighted by Gasteiger charge is 2.23. The summed E-state index contributed by atoms with van der Waals surface area (Å²) in [6.45, 7) is 3.75. The molecule has 0 bridgehead atoms. The van der Waals surface area contributed by atoms with Gasteiger partial charge in [0.25, 0.3) is 5.56 Å². The quantitative estimate of drug-likeness (QED) is 0.234. The predicted octanol–water partition coefficient (Wildman–Crippen LogP) is 5.96. The number of pyridine rings is 1. The second-order valence-electron chi connectivity index (χ2n) is 9.25. The molecule has 0 aliphatic heterocycles. The van der Waals surface area contributed by atoms with Gasteiger partial charge in [0.05, 0.1) is 18.3 Å². The van der Waals surface area contributed by atoms with Crippen molar-refractivity contribution in [2.75, 3.05) is 7.11 Å². The van der Waals surface area contributed by atoms with Gasteiger partial charge in [-0.3, -0.25) is 19.3 Å². The van der Waals surface area contributed by atoms with Crippen LogP contribution < -0.4 is 15.0 Å². The molecule has 8 heteroatoms. The van der Waals surface area contributed by atoms with Gasteiger partial charge in [0.2, 0.25) is 0 Å². The van der Waals surface area contributed by atoms with E-state index >= 15 is 4.39 Å². The average molecular weight is 526 g/mol. The Morgan fingerprint density at radius 1 is 1.00 bits per heavy atom. The van der Waals surface area contributed by atoms with Gasteiger partial charge in [-0.25, -0.2) is 9.07 Å². The molecule has 0 spiro atoms. The first kappa shape index (κ1) is 25.9. The van der Waals surface area contributed by atoms with E-state index in [4.69, 9.17) is 9.47 Å². The smallest absolute Gasteiger partial charge is 0.282 e. The van der Waals surface area contributed by atoms with Crippen LogP contribution in [0.1, 0.15) is 34.1 Å². The van der Waals surface area contributed by atoms with Crippen LogP contribution in [-0.4, -0.2) is 27.2 Å². The van der Waals surface area contributed by atoms with E-state index in [2.05, 4.69) is 4.98 Å². The molecule has 198 valence electrons. The van der Waals surface area contributed by atoms with Crippen molar-refractivity contribution in [3.05, 3.63) is 111 Å². The number of aryl methyl sites for hydroxylation is 1. The molecule has 0 aliphatic carbocycles. The minimum atomic E-state index is -0.610. The number of para-hydroxylation sites is 1. The lowest BCUT2D eigenvalue weighted by Crippen LogP contribution is -2.23. The van der Waals surface area contributed by atoms with Crippen LogP contribution in [0, 0.1) is 12.7 Å². The van der Waals surface area contributed by atoms with Crippen LogP contribution in [0.5, 0.6) is 17.2 Å². The zero-order chi connectivity index (χ0) is 27.7. The molecule has 0 aliphatic rings. The number of aromatic nitrogens is 3. The first-order valence-corrected chi connectivity index (χ1v) is 12.6. The number of halogens is 1. The summed E-state index contributed by atoms with van der Waals surface area (Å²) < 4.78 is 29.7. The van der Waals surface area contributed by atoms with Crippen molar-refractivity contribution in [1.29, 1.82) is 0 Å². The number of carbonyl (C=O) groups excluding carboxylic acids is 1. The number of ketones is 1. The molecule has 0 unspecified atom stereocenters. The van der Waals surface area contributed by atoms with Crippen molar-refractivity contribution in [1.82, 2.24) is 14.3 Å². The Hall–Kier alpha value is -4.72. The summed E-state index contributed by atoms with van der Waals surface area (Å²) in [5.41, 5.74) is 2.99. The Bertz CT molecular complexity index is 1760. The molecule has 5 rings (SSSR count). The highest BCUT2D eigenvalue weighted by molar-refractivity contribution is 5.98. The Balaban J connectivity index is 1.41. The van der Waals surface area contributed by atoms with Crippen molar-refractivity contribution in [3.8, 4) is 22.9 Å². The van der Waals surface area contributed by atoms with Crippen molar-refractivity contribution in [2.24, 2.45) is 7.05 Å². The average Bonchev–Trinajstić information content (AvgIpc) is 3.17. The van der Waals surface area contributed by atoms with Gasteiger partial charge < -0.3 is 9.47 Å². The molecule has 0 N–H and O–H groups in total. The second kappa shape index (κ2) is 10.6. The predicted molar refractivity (Wildman–Crippen MR) is 148 cm³/mol. The molecular weight excluding hydrogens is 497 g/mol. The van der Waals surface area contributed by atoms with Crippen molar-refractivity contribution < 1.29 is 18.7 Å². The summed E-state index contributed by atoms with van der Waals surface area (Å²) in [5, 5.41) is 0.739. The summed E-state index contributed by atoms with van der Waals surface area (Å²) in [6.07, 6.45) is 2.23. The van der Waals surface area contributed by atoms with Gasteiger partial charge in [-0.15, -0.1) is 0 Å². The first-order chi connectivity index (χ1) is 18.8. The van der Waals surface area contributed by atoms with Gasteiger partial charge >= 0.3 is 0 Å². The number of ether oxygens (including phenoxy) is 2. The molecule has 7 nitrogen and oxygen atoms in total. The van der Waals surface area contributed by atoms with Gasteiger partial charge in [-0.2, -0.15) is 0 Å². The van der Waals surface area contributed by atoms with Crippen molar-refractivity contribution in [3.63, 3.8) is 0 Å². The molecule has 2 aromatic heterocycles. The summed E-state index contributed by atoms with van der Waals surface area (Å²) in [5.74, 6) is 0.230. The fourth-order valence-corrected chi connectivity index (χ4v) is 4.77. The SMILES string of the molecule is CCc1cc2c(Oc3ccc(CC(=O)c4c(C)n(C)n(-c5ccccc5)c4=O)cc3F)ccnc2cc1OC. The number of rotatable bonds is 8. The maximum Gasteiger partial charge on any atom is 0.282 e. The normalized spacial score (nSPS) is 11.1. The minimum absolute atomic E-state index is 0.0230. The van der Waals surface area contributed by atoms with Gasteiger partial charge in [0.1, 0.15) is 17.1 Å². The van der Waals surface area contributed by atoms with Crippen molar-refractivity contribution >= 4 is 16.7 Å². The highest BCUT2D eigenvalue weighted by atomic mass is 19.1. The summed E-state index contributed by atoms with van der Waals surface area (Å²) in [6, 6.07) is 19.0. The monoisotopic (exact) mass is 525 g/mol. The van der Waals surface area contributed by atoms with E-state index in [-0.39, 0.29) is 23.5 Å². The standard InChI is InChI=1S/C31H28FN3O4/c1-5-21-17-23-25(18-29(21)38-4)33-14-13-27(23)39-28-12-11-20(15-24(28)32)16-26(36)30-19(2)34(3)35(31(30)37)22-9-7-6-8-10-22/h6-15,17-18H,5,16H2,1-4H3. The molecule has 0 amide bonds. The van der Waals surface area contributed by atoms with E-state index in [0.717, 1.165) is 23.1 Å². The Morgan fingerprint density at radius 3 is 2.46 bits per heavy atom. The molecule has 0 radical (unpaired) electrons. The summed E-state index contributed by atoms with van der Waals surface area (Å²) >= 11 is 0. The van der Waals surface area contributed by atoms with Crippen LogP contribution in [0.3, 0.4) is 0 Å². The van der Waals surface area contributed by atoms with E-state index in [1.165, 1.54) is 16.8 Å². The molecule has 39 heavy (non-hydrogen) atoms. The molecule has 0 saturated carbocycles. The molecule has 5 aromatic rings. The fourth-order valence-electron chi connectivity index (χ4n) is 4.77. The number of methoxy groups -OCH3 is 1. The van der Waals surface area contributed by atoms with Gasteiger partial charge in [-0.05, 0) is 60.9 Å². The number of nitrogens with zero attached hydrogens (tertiary/aromatic N) is 3. The second-order valence-corrected chi connectivity index (χ2v) is 9.25. The third-order valence-electron chi connectivity index (χ3n) is 6.90. The Kier molecular flexibility index (Phi) is 7.02. The zero-order valence-electron chi connectivity index (χ0n) is 22.2. The number of benzene rings is 3. The topological polar surface area (TPSA) is 75.4 Å². The third kappa shape index (κ3) is 4.81. The molecule has 0 fully saturated rings. The number of hydrogen-bond acceptors (Lipinski definition) is 5. The van der Waals surface area contributed by atoms with Gasteiger partial charge in [-0.1, -0.05) is 31.2 Å². The van der Waals surface area contributed by atoms with Crippen molar-refractivity contribution in [2.45, 2.75) is 26.7 Å². The van der Waals surface area contributed by atoms with Crippen LogP contribution in [0.25, 0.3) is 16.6 Å². The number of fused-ring (bicyclic) bond motifs is 1. The maximum absolute atomic E-state index is 15.2. The van der Waals surface area contributed by atoms with Gasteiger partial charge in [0.15, 0.2) is 17.3 Å². The Morgan fingerprint density at radius 2 is 1.77 bits per heavy atom. The molecule has 0 saturated heterocycles. The molecule has 3 aromatic carbocycles. The van der Waals surface area contributed by atoms with E-state index in [9.17, 15) is 9.59 Å². The fraction of sp³-hybridized carbons (Fsp3) is 0.194. The van der Waals surface area contributed by atoms with E-state index in [1.54, 1.807) is 56.2 Å².